The minimum absolute atomic E-state index is 0.463. The normalized spacial score (nSPS) is 15.0. The van der Waals surface area contributed by atoms with Gasteiger partial charge in [0.15, 0.2) is 6.34 Å². The van der Waals surface area contributed by atoms with Crippen molar-refractivity contribution in [2.24, 2.45) is 4.99 Å². The smallest absolute Gasteiger partial charge is 0.223 e. The van der Waals surface area contributed by atoms with E-state index in [2.05, 4.69) is 4.99 Å². The van der Waals surface area contributed by atoms with Crippen LogP contribution in [0.2, 0.25) is 0 Å². The molecule has 1 aliphatic rings. The summed E-state index contributed by atoms with van der Waals surface area (Å²) < 4.78 is 5.72. The summed E-state index contributed by atoms with van der Waals surface area (Å²) in [4.78, 5) is 5.67. The molecule has 5 nitrogen and oxygen atoms in total. The SMILES string of the molecule is COc1ccc(N2C=[N+]([O-])C=NC2)cc1. The second-order valence-electron chi connectivity index (χ2n) is 3.08. The minimum Gasteiger partial charge on any atom is -0.741 e. The molecule has 1 aliphatic heterocycles. The zero-order chi connectivity index (χ0) is 10.7. The Hall–Kier alpha value is -2.04. The largest absolute Gasteiger partial charge is 0.741 e. The molecular formula is C10H11N3O2. The number of nitrogens with zero attached hydrogens (tertiary/aromatic N) is 3. The second kappa shape index (κ2) is 4.00. The molecule has 1 aromatic carbocycles. The first-order chi connectivity index (χ1) is 7.29. The van der Waals surface area contributed by atoms with Crippen LogP contribution < -0.4 is 9.64 Å². The summed E-state index contributed by atoms with van der Waals surface area (Å²) in [5.74, 6) is 0.790. The molecule has 5 heteroatoms. The molecule has 0 fully saturated rings. The maximum Gasteiger partial charge on any atom is 0.223 e. The zero-order valence-corrected chi connectivity index (χ0v) is 8.33. The van der Waals surface area contributed by atoms with Gasteiger partial charge in [0.2, 0.25) is 13.0 Å². The molecule has 0 saturated carbocycles. The molecule has 0 atom stereocenters. The fraction of sp³-hybridized carbons (Fsp3) is 0.200. The van der Waals surface area contributed by atoms with Crippen LogP contribution in [0.25, 0.3) is 0 Å². The number of aliphatic imine (C=N–C) groups is 1. The molecular weight excluding hydrogens is 194 g/mol. The number of hydroxylamine groups is 1. The third-order valence-corrected chi connectivity index (χ3v) is 2.09. The van der Waals surface area contributed by atoms with Crippen molar-refractivity contribution in [1.29, 1.82) is 0 Å². The molecule has 0 N–H and O–H groups in total. The molecule has 1 aromatic rings. The van der Waals surface area contributed by atoms with Crippen molar-refractivity contribution in [2.75, 3.05) is 18.7 Å². The molecule has 0 saturated heterocycles. The van der Waals surface area contributed by atoms with Gasteiger partial charge in [-0.2, -0.15) is 0 Å². The first kappa shape index (κ1) is 9.51. The van der Waals surface area contributed by atoms with Crippen molar-refractivity contribution in [3.63, 3.8) is 0 Å². The van der Waals surface area contributed by atoms with E-state index in [9.17, 15) is 5.21 Å². The first-order valence-electron chi connectivity index (χ1n) is 4.51. The lowest BCUT2D eigenvalue weighted by Gasteiger charge is -2.17. The fourth-order valence-corrected chi connectivity index (χ4v) is 1.33. The van der Waals surface area contributed by atoms with E-state index in [0.29, 0.717) is 11.4 Å². The van der Waals surface area contributed by atoms with Gasteiger partial charge in [-0.25, -0.2) is 4.90 Å². The highest BCUT2D eigenvalue weighted by Crippen LogP contribution is 2.18. The molecule has 1 heterocycles. The molecule has 0 spiro atoms. The molecule has 15 heavy (non-hydrogen) atoms. The van der Waals surface area contributed by atoms with Gasteiger partial charge in [-0.3, -0.25) is 4.74 Å². The molecule has 0 unspecified atom stereocenters. The maximum atomic E-state index is 11.0. The van der Waals surface area contributed by atoms with Crippen LogP contribution in [-0.4, -0.2) is 31.2 Å². The lowest BCUT2D eigenvalue weighted by atomic mass is 10.3. The first-order valence-corrected chi connectivity index (χ1v) is 4.51. The summed E-state index contributed by atoms with van der Waals surface area (Å²) in [5, 5.41) is 11.0. The lowest BCUT2D eigenvalue weighted by Crippen LogP contribution is -2.30. The van der Waals surface area contributed by atoms with Gasteiger partial charge in [0.1, 0.15) is 11.4 Å². The van der Waals surface area contributed by atoms with E-state index in [4.69, 9.17) is 4.74 Å². The average Bonchev–Trinajstić information content (AvgIpc) is 2.29. The molecule has 2 rings (SSSR count). The summed E-state index contributed by atoms with van der Waals surface area (Å²) >= 11 is 0. The van der Waals surface area contributed by atoms with E-state index in [-0.39, 0.29) is 0 Å². The van der Waals surface area contributed by atoms with Crippen LogP contribution in [0.3, 0.4) is 0 Å². The Morgan fingerprint density at radius 1 is 1.40 bits per heavy atom. The number of benzene rings is 1. The molecule has 0 aliphatic carbocycles. The number of hydrogen-bond acceptors (Lipinski definition) is 4. The van der Waals surface area contributed by atoms with Crippen LogP contribution in [0.5, 0.6) is 5.75 Å². The van der Waals surface area contributed by atoms with Crippen LogP contribution in [0.4, 0.5) is 5.69 Å². The summed E-state index contributed by atoms with van der Waals surface area (Å²) in [6, 6.07) is 7.45. The fourth-order valence-electron chi connectivity index (χ4n) is 1.33. The van der Waals surface area contributed by atoms with Gasteiger partial charge in [-0.1, -0.05) is 0 Å². The van der Waals surface area contributed by atoms with Gasteiger partial charge < -0.3 is 9.94 Å². The lowest BCUT2D eigenvalue weighted by molar-refractivity contribution is -0.311. The molecule has 0 aromatic heterocycles. The molecule has 78 valence electrons. The Bertz CT molecular complexity index is 398. The van der Waals surface area contributed by atoms with Crippen LogP contribution in [0.1, 0.15) is 0 Å². The Morgan fingerprint density at radius 3 is 2.73 bits per heavy atom. The van der Waals surface area contributed by atoms with E-state index >= 15 is 0 Å². The van der Waals surface area contributed by atoms with Gasteiger partial charge >= 0.3 is 0 Å². The van der Waals surface area contributed by atoms with Crippen molar-refractivity contribution < 1.29 is 9.48 Å². The van der Waals surface area contributed by atoms with Crippen LogP contribution in [-0.2, 0) is 0 Å². The zero-order valence-electron chi connectivity index (χ0n) is 8.33. The van der Waals surface area contributed by atoms with E-state index in [0.717, 1.165) is 11.4 Å². The molecule has 0 amide bonds. The second-order valence-corrected chi connectivity index (χ2v) is 3.08. The van der Waals surface area contributed by atoms with Crippen molar-refractivity contribution in [1.82, 2.24) is 0 Å². The molecule has 0 radical (unpaired) electrons. The Balaban J connectivity index is 2.19. The van der Waals surface area contributed by atoms with E-state index in [1.807, 2.05) is 24.3 Å². The van der Waals surface area contributed by atoms with E-state index in [1.165, 1.54) is 12.7 Å². The number of anilines is 1. The van der Waals surface area contributed by atoms with Crippen LogP contribution in [0, 0.1) is 5.21 Å². The number of ether oxygens (including phenoxy) is 1. The number of hydrogen-bond donors (Lipinski definition) is 0. The average molecular weight is 205 g/mol. The van der Waals surface area contributed by atoms with Crippen molar-refractivity contribution in [2.45, 2.75) is 0 Å². The monoisotopic (exact) mass is 205 g/mol. The van der Waals surface area contributed by atoms with Gasteiger partial charge in [0.05, 0.1) is 7.11 Å². The molecule has 0 bridgehead atoms. The topological polar surface area (TPSA) is 50.9 Å². The predicted octanol–water partition coefficient (Wildman–Crippen LogP) is 1.04. The minimum atomic E-state index is 0.463. The highest BCUT2D eigenvalue weighted by atomic mass is 16.5. The Kier molecular flexibility index (Phi) is 2.53. The summed E-state index contributed by atoms with van der Waals surface area (Å²) in [7, 11) is 1.62. The maximum absolute atomic E-state index is 11.0. The van der Waals surface area contributed by atoms with Crippen molar-refractivity contribution >= 4 is 18.4 Å². The van der Waals surface area contributed by atoms with Crippen molar-refractivity contribution in [3.05, 3.63) is 29.5 Å². The summed E-state index contributed by atoms with van der Waals surface area (Å²) in [5.41, 5.74) is 0.911. The van der Waals surface area contributed by atoms with Gasteiger partial charge in [-0.05, 0) is 24.3 Å². The predicted molar refractivity (Wildman–Crippen MR) is 58.5 cm³/mol. The van der Waals surface area contributed by atoms with Gasteiger partial charge in [-0.15, -0.1) is 4.99 Å². The quantitative estimate of drug-likeness (QED) is 0.535. The highest BCUT2D eigenvalue weighted by Gasteiger charge is 2.11. The third-order valence-electron chi connectivity index (χ3n) is 2.09. The van der Waals surface area contributed by atoms with Crippen molar-refractivity contribution in [3.8, 4) is 5.75 Å². The van der Waals surface area contributed by atoms with Crippen LogP contribution in [0.15, 0.2) is 29.3 Å². The number of rotatable bonds is 2. The van der Waals surface area contributed by atoms with E-state index in [1.54, 1.807) is 12.0 Å². The summed E-state index contributed by atoms with van der Waals surface area (Å²) in [6.07, 6.45) is 2.70. The Morgan fingerprint density at radius 2 is 2.13 bits per heavy atom. The summed E-state index contributed by atoms with van der Waals surface area (Å²) in [6.45, 7) is 0.463. The van der Waals surface area contributed by atoms with Gasteiger partial charge in [0.25, 0.3) is 0 Å². The van der Waals surface area contributed by atoms with Crippen LogP contribution >= 0.6 is 0 Å². The highest BCUT2D eigenvalue weighted by molar-refractivity contribution is 5.79. The standard InChI is InChI=1S/C10H11N3O2/c1-15-10-4-2-9(3-5-10)12-6-11-7-13(14)8-12/h2-5,7-8H,6H2,1H3. The van der Waals surface area contributed by atoms with E-state index < -0.39 is 0 Å². The number of methoxy groups -OCH3 is 1. The third kappa shape index (κ3) is 2.07. The van der Waals surface area contributed by atoms with Gasteiger partial charge in [0, 0.05) is 0 Å². The Labute approximate surface area is 87.5 Å².